The normalized spacial score (nSPS) is 11.4. The number of benzene rings is 1. The molecule has 0 unspecified atom stereocenters. The number of rotatable bonds is 6. The number of aldehydes is 1. The lowest BCUT2D eigenvalue weighted by atomic mass is 10.2. The summed E-state index contributed by atoms with van der Waals surface area (Å²) in [6, 6.07) is 3.00. The Hall–Kier alpha value is -2.19. The Morgan fingerprint density at radius 2 is 2.05 bits per heavy atom. The maximum absolute atomic E-state index is 12.7. The SMILES string of the molecule is O=Cc1ccc(NCC(F)(F)C(F)F)c([N+](=O)[O-])c1. The van der Waals surface area contributed by atoms with Crippen LogP contribution in [0.25, 0.3) is 0 Å². The lowest BCUT2D eigenvalue weighted by molar-refractivity contribution is -0.384. The highest BCUT2D eigenvalue weighted by Gasteiger charge is 2.40. The minimum atomic E-state index is -4.31. The molecule has 104 valence electrons. The highest BCUT2D eigenvalue weighted by Crippen LogP contribution is 2.28. The van der Waals surface area contributed by atoms with Crippen LogP contribution < -0.4 is 5.32 Å². The number of carbonyl (C=O) groups is 1. The van der Waals surface area contributed by atoms with Crippen molar-refractivity contribution in [1.82, 2.24) is 0 Å². The smallest absolute Gasteiger partial charge is 0.324 e. The standard InChI is InChI=1S/C10H8F4N2O3/c11-9(12)10(13,14)5-15-7-2-1-6(4-17)3-8(7)16(18)19/h1-4,9,15H,5H2. The number of halogens is 4. The fourth-order valence-corrected chi connectivity index (χ4v) is 1.21. The third-order valence-electron chi connectivity index (χ3n) is 2.19. The van der Waals surface area contributed by atoms with Gasteiger partial charge in [-0.05, 0) is 12.1 Å². The summed E-state index contributed by atoms with van der Waals surface area (Å²) in [7, 11) is 0. The summed E-state index contributed by atoms with van der Waals surface area (Å²) < 4.78 is 49.2. The van der Waals surface area contributed by atoms with E-state index in [1.165, 1.54) is 0 Å². The minimum Gasteiger partial charge on any atom is -0.373 e. The third-order valence-corrected chi connectivity index (χ3v) is 2.19. The fraction of sp³-hybridized carbons (Fsp3) is 0.300. The Bertz CT molecular complexity index is 494. The fourth-order valence-electron chi connectivity index (χ4n) is 1.21. The molecule has 19 heavy (non-hydrogen) atoms. The number of nitrogens with one attached hydrogen (secondary N) is 1. The van der Waals surface area contributed by atoms with E-state index in [1.54, 1.807) is 0 Å². The molecule has 0 bridgehead atoms. The van der Waals surface area contributed by atoms with Crippen molar-refractivity contribution < 1.29 is 27.3 Å². The van der Waals surface area contributed by atoms with E-state index in [1.807, 2.05) is 5.32 Å². The van der Waals surface area contributed by atoms with Gasteiger partial charge >= 0.3 is 12.3 Å². The van der Waals surface area contributed by atoms with Crippen LogP contribution in [-0.2, 0) is 0 Å². The zero-order valence-electron chi connectivity index (χ0n) is 9.28. The molecule has 1 N–H and O–H groups in total. The summed E-state index contributed by atoms with van der Waals surface area (Å²) in [6.45, 7) is -1.45. The second-order valence-corrected chi connectivity index (χ2v) is 3.57. The molecule has 0 aliphatic carbocycles. The zero-order valence-corrected chi connectivity index (χ0v) is 9.28. The van der Waals surface area contributed by atoms with E-state index in [2.05, 4.69) is 0 Å². The van der Waals surface area contributed by atoms with Gasteiger partial charge in [0.15, 0.2) is 0 Å². The number of nitrogens with zero attached hydrogens (tertiary/aromatic N) is 1. The van der Waals surface area contributed by atoms with Crippen molar-refractivity contribution in [3.05, 3.63) is 33.9 Å². The summed E-state index contributed by atoms with van der Waals surface area (Å²) in [5.41, 5.74) is -1.04. The first-order valence-electron chi connectivity index (χ1n) is 4.91. The molecule has 0 aromatic heterocycles. The maximum Gasteiger partial charge on any atom is 0.324 e. The van der Waals surface area contributed by atoms with Gasteiger partial charge in [-0.2, -0.15) is 8.78 Å². The molecule has 0 aliphatic rings. The van der Waals surface area contributed by atoms with E-state index in [-0.39, 0.29) is 11.3 Å². The molecule has 0 aliphatic heterocycles. The predicted octanol–water partition coefficient (Wildman–Crippen LogP) is 2.72. The average molecular weight is 280 g/mol. The molecule has 9 heteroatoms. The van der Waals surface area contributed by atoms with Crippen molar-refractivity contribution in [3.8, 4) is 0 Å². The molecule has 0 saturated carbocycles. The number of hydrogen-bond donors (Lipinski definition) is 1. The number of nitro groups is 1. The monoisotopic (exact) mass is 280 g/mol. The van der Waals surface area contributed by atoms with Gasteiger partial charge in [-0.1, -0.05) is 0 Å². The zero-order chi connectivity index (χ0) is 14.6. The van der Waals surface area contributed by atoms with Gasteiger partial charge in [0, 0.05) is 11.6 Å². The molecular formula is C10H8F4N2O3. The highest BCUT2D eigenvalue weighted by atomic mass is 19.3. The number of alkyl halides is 4. The molecule has 0 radical (unpaired) electrons. The number of nitro benzene ring substituents is 1. The second kappa shape index (κ2) is 5.63. The quantitative estimate of drug-likeness (QED) is 0.376. The second-order valence-electron chi connectivity index (χ2n) is 3.57. The summed E-state index contributed by atoms with van der Waals surface area (Å²) in [5.74, 6) is -4.31. The van der Waals surface area contributed by atoms with Crippen molar-refractivity contribution in [2.75, 3.05) is 11.9 Å². The van der Waals surface area contributed by atoms with Crippen molar-refractivity contribution in [2.45, 2.75) is 12.3 Å². The summed E-state index contributed by atoms with van der Waals surface area (Å²) in [4.78, 5) is 20.2. The van der Waals surface area contributed by atoms with Crippen LogP contribution in [-0.4, -0.2) is 30.1 Å². The van der Waals surface area contributed by atoms with Crippen LogP contribution in [0.3, 0.4) is 0 Å². The maximum atomic E-state index is 12.7. The van der Waals surface area contributed by atoms with E-state index in [0.29, 0.717) is 6.29 Å². The van der Waals surface area contributed by atoms with Gasteiger partial charge in [0.05, 0.1) is 11.5 Å². The van der Waals surface area contributed by atoms with Gasteiger partial charge in [-0.25, -0.2) is 8.78 Å². The molecule has 0 spiro atoms. The van der Waals surface area contributed by atoms with Crippen LogP contribution in [0.4, 0.5) is 28.9 Å². The van der Waals surface area contributed by atoms with Gasteiger partial charge in [-0.3, -0.25) is 14.9 Å². The Labute approximate surface area is 104 Å². The topological polar surface area (TPSA) is 72.2 Å². The van der Waals surface area contributed by atoms with E-state index in [0.717, 1.165) is 18.2 Å². The minimum absolute atomic E-state index is 0.0298. The Kier molecular flexibility index (Phi) is 4.41. The molecule has 0 fully saturated rings. The van der Waals surface area contributed by atoms with Crippen molar-refractivity contribution in [1.29, 1.82) is 0 Å². The van der Waals surface area contributed by atoms with Gasteiger partial charge in [0.25, 0.3) is 5.69 Å². The lowest BCUT2D eigenvalue weighted by Crippen LogP contribution is -2.34. The van der Waals surface area contributed by atoms with Gasteiger partial charge in [0.1, 0.15) is 12.0 Å². The Balaban J connectivity index is 2.95. The first-order chi connectivity index (χ1) is 8.77. The van der Waals surface area contributed by atoms with Crippen LogP contribution in [0.1, 0.15) is 10.4 Å². The number of hydrogen-bond acceptors (Lipinski definition) is 4. The first kappa shape index (κ1) is 14.9. The van der Waals surface area contributed by atoms with Crippen molar-refractivity contribution in [2.24, 2.45) is 0 Å². The van der Waals surface area contributed by atoms with Crippen LogP contribution in [0.2, 0.25) is 0 Å². The summed E-state index contributed by atoms with van der Waals surface area (Å²) >= 11 is 0. The van der Waals surface area contributed by atoms with Crippen LogP contribution in [0.15, 0.2) is 18.2 Å². The van der Waals surface area contributed by atoms with Gasteiger partial charge in [-0.15, -0.1) is 0 Å². The average Bonchev–Trinajstić information content (AvgIpc) is 2.35. The molecule has 1 rings (SSSR count). The van der Waals surface area contributed by atoms with Crippen LogP contribution >= 0.6 is 0 Å². The van der Waals surface area contributed by atoms with Crippen LogP contribution in [0, 0.1) is 10.1 Å². The molecule has 0 amide bonds. The third kappa shape index (κ3) is 3.63. The van der Waals surface area contributed by atoms with Gasteiger partial charge < -0.3 is 5.32 Å². The van der Waals surface area contributed by atoms with E-state index >= 15 is 0 Å². The Morgan fingerprint density at radius 3 is 2.53 bits per heavy atom. The molecule has 1 aromatic rings. The molecular weight excluding hydrogens is 272 g/mol. The van der Waals surface area contributed by atoms with Crippen LogP contribution in [0.5, 0.6) is 0 Å². The summed E-state index contributed by atoms with van der Waals surface area (Å²) in [6.07, 6.45) is -3.54. The van der Waals surface area contributed by atoms with E-state index in [4.69, 9.17) is 0 Å². The van der Waals surface area contributed by atoms with E-state index in [9.17, 15) is 32.5 Å². The van der Waals surface area contributed by atoms with Crippen molar-refractivity contribution in [3.63, 3.8) is 0 Å². The predicted molar refractivity (Wildman–Crippen MR) is 57.9 cm³/mol. The molecule has 1 aromatic carbocycles. The van der Waals surface area contributed by atoms with E-state index < -0.39 is 29.5 Å². The molecule has 0 heterocycles. The number of carbonyl (C=O) groups excluding carboxylic acids is 1. The molecule has 5 nitrogen and oxygen atoms in total. The van der Waals surface area contributed by atoms with Gasteiger partial charge in [0.2, 0.25) is 0 Å². The van der Waals surface area contributed by atoms with Crippen molar-refractivity contribution >= 4 is 17.7 Å². The Morgan fingerprint density at radius 1 is 1.42 bits per heavy atom. The lowest BCUT2D eigenvalue weighted by Gasteiger charge is -2.16. The first-order valence-corrected chi connectivity index (χ1v) is 4.91. The molecule has 0 atom stereocenters. The number of anilines is 1. The highest BCUT2D eigenvalue weighted by molar-refractivity contribution is 5.79. The largest absolute Gasteiger partial charge is 0.373 e. The molecule has 0 saturated heterocycles. The summed E-state index contributed by atoms with van der Waals surface area (Å²) in [5, 5.41) is 12.5.